The normalized spacial score (nSPS) is 12.8. The lowest BCUT2D eigenvalue weighted by molar-refractivity contribution is 0.431. The van der Waals surface area contributed by atoms with Crippen molar-refractivity contribution >= 4 is 0 Å². The van der Waals surface area contributed by atoms with E-state index in [0.29, 0.717) is 6.42 Å². The predicted molar refractivity (Wildman–Crippen MR) is 57.4 cm³/mol. The largest absolute Gasteiger partial charge is 0.324 e. The van der Waals surface area contributed by atoms with Gasteiger partial charge in [-0.1, -0.05) is 32.3 Å². The van der Waals surface area contributed by atoms with Crippen molar-refractivity contribution in [1.29, 1.82) is 0 Å². The first-order chi connectivity index (χ1) is 7.57. The van der Waals surface area contributed by atoms with E-state index < -0.39 is 23.5 Å². The standard InChI is InChI=1S/C12H16F3N/c1-2-3-4-5-10(16)8-6-7-9(13)12(15)11(8)14/h6-7,10H,2-5,16H2,1H3/t10-/m1/s1. The van der Waals surface area contributed by atoms with Crippen LogP contribution < -0.4 is 5.73 Å². The third kappa shape index (κ3) is 2.98. The van der Waals surface area contributed by atoms with E-state index in [-0.39, 0.29) is 5.56 Å². The zero-order valence-electron chi connectivity index (χ0n) is 9.27. The summed E-state index contributed by atoms with van der Waals surface area (Å²) >= 11 is 0. The molecule has 0 aliphatic rings. The van der Waals surface area contributed by atoms with Crippen LogP contribution in [0.1, 0.15) is 44.2 Å². The van der Waals surface area contributed by atoms with Crippen LogP contribution in [0.3, 0.4) is 0 Å². The summed E-state index contributed by atoms with van der Waals surface area (Å²) in [6.07, 6.45) is 3.47. The zero-order valence-corrected chi connectivity index (χ0v) is 9.27. The van der Waals surface area contributed by atoms with E-state index in [1.54, 1.807) is 0 Å². The van der Waals surface area contributed by atoms with Gasteiger partial charge in [0.25, 0.3) is 0 Å². The Kier molecular flexibility index (Phi) is 4.80. The van der Waals surface area contributed by atoms with Crippen molar-refractivity contribution in [2.75, 3.05) is 0 Å². The molecule has 1 rings (SSSR count). The van der Waals surface area contributed by atoms with Crippen LogP contribution in [0.2, 0.25) is 0 Å². The van der Waals surface area contributed by atoms with Crippen molar-refractivity contribution in [2.45, 2.75) is 38.6 Å². The fourth-order valence-corrected chi connectivity index (χ4v) is 1.60. The molecule has 1 aromatic carbocycles. The van der Waals surface area contributed by atoms with Crippen LogP contribution in [-0.2, 0) is 0 Å². The summed E-state index contributed by atoms with van der Waals surface area (Å²) in [5, 5.41) is 0. The Bertz CT molecular complexity index is 352. The molecule has 1 aromatic rings. The lowest BCUT2D eigenvalue weighted by Gasteiger charge is -2.13. The molecule has 16 heavy (non-hydrogen) atoms. The van der Waals surface area contributed by atoms with Crippen molar-refractivity contribution in [3.05, 3.63) is 35.1 Å². The Morgan fingerprint density at radius 3 is 2.44 bits per heavy atom. The van der Waals surface area contributed by atoms with Crippen LogP contribution in [0, 0.1) is 17.5 Å². The van der Waals surface area contributed by atoms with E-state index in [0.717, 1.165) is 25.3 Å². The molecule has 0 spiro atoms. The van der Waals surface area contributed by atoms with Gasteiger partial charge in [-0.05, 0) is 12.5 Å². The van der Waals surface area contributed by atoms with Gasteiger partial charge in [-0.3, -0.25) is 0 Å². The second-order valence-corrected chi connectivity index (χ2v) is 3.87. The van der Waals surface area contributed by atoms with Crippen molar-refractivity contribution < 1.29 is 13.2 Å². The summed E-state index contributed by atoms with van der Waals surface area (Å²) in [5.74, 6) is -3.78. The van der Waals surface area contributed by atoms with Gasteiger partial charge < -0.3 is 5.73 Å². The number of unbranched alkanes of at least 4 members (excludes halogenated alkanes) is 2. The van der Waals surface area contributed by atoms with E-state index in [2.05, 4.69) is 0 Å². The minimum atomic E-state index is -1.44. The number of nitrogens with two attached hydrogens (primary N) is 1. The SMILES string of the molecule is CCCCC[C@@H](N)c1ccc(F)c(F)c1F. The highest BCUT2D eigenvalue weighted by Crippen LogP contribution is 2.23. The molecule has 90 valence electrons. The minimum absolute atomic E-state index is 0.0509. The van der Waals surface area contributed by atoms with Gasteiger partial charge in [-0.15, -0.1) is 0 Å². The highest BCUT2D eigenvalue weighted by Gasteiger charge is 2.17. The Morgan fingerprint density at radius 1 is 1.12 bits per heavy atom. The van der Waals surface area contributed by atoms with Crippen LogP contribution in [0.25, 0.3) is 0 Å². The Morgan fingerprint density at radius 2 is 1.81 bits per heavy atom. The molecule has 0 unspecified atom stereocenters. The highest BCUT2D eigenvalue weighted by molar-refractivity contribution is 5.23. The van der Waals surface area contributed by atoms with Crippen LogP contribution in [0.5, 0.6) is 0 Å². The third-order valence-corrected chi connectivity index (χ3v) is 2.58. The molecule has 4 heteroatoms. The first kappa shape index (κ1) is 13.0. The summed E-state index contributed by atoms with van der Waals surface area (Å²) in [6, 6.07) is 1.55. The van der Waals surface area contributed by atoms with Gasteiger partial charge >= 0.3 is 0 Å². The van der Waals surface area contributed by atoms with Crippen molar-refractivity contribution in [3.63, 3.8) is 0 Å². The van der Waals surface area contributed by atoms with Gasteiger partial charge in [-0.25, -0.2) is 13.2 Å². The first-order valence-electron chi connectivity index (χ1n) is 5.46. The molecule has 0 bridgehead atoms. The number of benzene rings is 1. The molecule has 1 atom stereocenters. The first-order valence-corrected chi connectivity index (χ1v) is 5.46. The Balaban J connectivity index is 2.76. The fourth-order valence-electron chi connectivity index (χ4n) is 1.60. The summed E-state index contributed by atoms with van der Waals surface area (Å²) in [7, 11) is 0. The van der Waals surface area contributed by atoms with Gasteiger partial charge in [0.1, 0.15) is 0 Å². The molecule has 0 aliphatic carbocycles. The predicted octanol–water partition coefficient (Wildman–Crippen LogP) is 3.68. The monoisotopic (exact) mass is 231 g/mol. The Labute approximate surface area is 93.5 Å². The van der Waals surface area contributed by atoms with Gasteiger partial charge in [0.05, 0.1) is 0 Å². The molecule has 0 fully saturated rings. The van der Waals surface area contributed by atoms with Crippen LogP contribution in [0.4, 0.5) is 13.2 Å². The van der Waals surface area contributed by atoms with Gasteiger partial charge in [0.2, 0.25) is 0 Å². The fraction of sp³-hybridized carbons (Fsp3) is 0.500. The molecule has 1 nitrogen and oxygen atoms in total. The molecule has 0 radical (unpaired) electrons. The van der Waals surface area contributed by atoms with E-state index >= 15 is 0 Å². The molecule has 0 aromatic heterocycles. The molecule has 2 N–H and O–H groups in total. The van der Waals surface area contributed by atoms with Crippen molar-refractivity contribution in [1.82, 2.24) is 0 Å². The number of hydrogen-bond acceptors (Lipinski definition) is 1. The lowest BCUT2D eigenvalue weighted by atomic mass is 10.0. The summed E-state index contributed by atoms with van der Waals surface area (Å²) in [6.45, 7) is 2.05. The minimum Gasteiger partial charge on any atom is -0.324 e. The second-order valence-electron chi connectivity index (χ2n) is 3.87. The van der Waals surface area contributed by atoms with Gasteiger partial charge in [-0.2, -0.15) is 0 Å². The Hall–Kier alpha value is -1.03. The molecule has 0 aliphatic heterocycles. The van der Waals surface area contributed by atoms with E-state index in [9.17, 15) is 13.2 Å². The smallest absolute Gasteiger partial charge is 0.194 e. The summed E-state index contributed by atoms with van der Waals surface area (Å²) in [4.78, 5) is 0. The van der Waals surface area contributed by atoms with Crippen molar-refractivity contribution in [2.24, 2.45) is 5.73 Å². The topological polar surface area (TPSA) is 26.0 Å². The third-order valence-electron chi connectivity index (χ3n) is 2.58. The van der Waals surface area contributed by atoms with Crippen LogP contribution >= 0.6 is 0 Å². The van der Waals surface area contributed by atoms with Gasteiger partial charge in [0.15, 0.2) is 17.5 Å². The molecular formula is C12H16F3N. The van der Waals surface area contributed by atoms with E-state index in [4.69, 9.17) is 5.73 Å². The molecule has 0 amide bonds. The molecule has 0 heterocycles. The van der Waals surface area contributed by atoms with E-state index in [1.807, 2.05) is 6.92 Å². The van der Waals surface area contributed by atoms with Gasteiger partial charge in [0, 0.05) is 11.6 Å². The number of rotatable bonds is 5. The zero-order chi connectivity index (χ0) is 12.1. The molecule has 0 saturated heterocycles. The number of halogens is 3. The summed E-state index contributed by atoms with van der Waals surface area (Å²) < 4.78 is 38.9. The maximum atomic E-state index is 13.3. The second kappa shape index (κ2) is 5.89. The maximum Gasteiger partial charge on any atom is 0.194 e. The molecule has 0 saturated carbocycles. The van der Waals surface area contributed by atoms with Crippen LogP contribution in [0.15, 0.2) is 12.1 Å². The van der Waals surface area contributed by atoms with E-state index in [1.165, 1.54) is 6.07 Å². The summed E-state index contributed by atoms with van der Waals surface area (Å²) in [5.41, 5.74) is 5.78. The average Bonchev–Trinajstić information content (AvgIpc) is 2.26. The van der Waals surface area contributed by atoms with Crippen LogP contribution in [-0.4, -0.2) is 0 Å². The highest BCUT2D eigenvalue weighted by atomic mass is 19.2. The molecular weight excluding hydrogens is 215 g/mol. The number of hydrogen-bond donors (Lipinski definition) is 1. The average molecular weight is 231 g/mol. The quantitative estimate of drug-likeness (QED) is 0.607. The van der Waals surface area contributed by atoms with Crippen molar-refractivity contribution in [3.8, 4) is 0 Å². The maximum absolute atomic E-state index is 13.3. The lowest BCUT2D eigenvalue weighted by Crippen LogP contribution is -2.13.